The van der Waals surface area contributed by atoms with Gasteiger partial charge in [-0.1, -0.05) is 12.1 Å². The van der Waals surface area contributed by atoms with Crippen LogP contribution >= 0.6 is 0 Å². The van der Waals surface area contributed by atoms with E-state index in [1.165, 1.54) is 18.6 Å². The molecular formula is C17H20FN3O. The minimum atomic E-state index is -0.229. The average Bonchev–Trinajstić information content (AvgIpc) is 2.99. The number of imidazole rings is 1. The van der Waals surface area contributed by atoms with Gasteiger partial charge in [0.15, 0.2) is 0 Å². The molecule has 2 aliphatic heterocycles. The summed E-state index contributed by atoms with van der Waals surface area (Å²) in [6.45, 7) is 3.63. The first-order valence-electron chi connectivity index (χ1n) is 7.95. The molecule has 0 saturated carbocycles. The summed E-state index contributed by atoms with van der Waals surface area (Å²) in [5.41, 5.74) is 3.09. The van der Waals surface area contributed by atoms with Crippen molar-refractivity contribution in [2.24, 2.45) is 0 Å². The second kappa shape index (κ2) is 5.82. The highest BCUT2D eigenvalue weighted by molar-refractivity contribution is 5.56. The predicted molar refractivity (Wildman–Crippen MR) is 81.9 cm³/mol. The summed E-state index contributed by atoms with van der Waals surface area (Å²) < 4.78 is 19.0. The molecule has 0 amide bonds. The smallest absolute Gasteiger partial charge is 0.137 e. The van der Waals surface area contributed by atoms with Crippen LogP contribution in [0.15, 0.2) is 24.3 Å². The molecule has 1 atom stereocenters. The Morgan fingerprint density at radius 3 is 3.14 bits per heavy atom. The van der Waals surface area contributed by atoms with Crippen LogP contribution in [0.1, 0.15) is 24.2 Å². The number of fused-ring (bicyclic) bond motifs is 1. The van der Waals surface area contributed by atoms with Crippen molar-refractivity contribution in [3.05, 3.63) is 41.5 Å². The van der Waals surface area contributed by atoms with Crippen molar-refractivity contribution >= 4 is 0 Å². The number of hydrogen-bond donors (Lipinski definition) is 1. The lowest BCUT2D eigenvalue weighted by atomic mass is 10.0. The van der Waals surface area contributed by atoms with E-state index in [0.29, 0.717) is 6.04 Å². The van der Waals surface area contributed by atoms with Crippen molar-refractivity contribution in [3.63, 3.8) is 0 Å². The number of H-pyrrole nitrogens is 1. The molecule has 4 nitrogen and oxygen atoms in total. The Kier molecular flexibility index (Phi) is 3.68. The largest absolute Gasteiger partial charge is 0.380 e. The van der Waals surface area contributed by atoms with Gasteiger partial charge in [0.05, 0.1) is 18.0 Å². The SMILES string of the molecule is Fc1cccc(-c2nc3c([nH]2)CN([C@@H]2CCCOC2)CC3)c1. The van der Waals surface area contributed by atoms with Gasteiger partial charge in [-0.2, -0.15) is 0 Å². The second-order valence-corrected chi connectivity index (χ2v) is 6.11. The molecule has 1 N–H and O–H groups in total. The van der Waals surface area contributed by atoms with Gasteiger partial charge in [0.25, 0.3) is 0 Å². The minimum Gasteiger partial charge on any atom is -0.380 e. The lowest BCUT2D eigenvalue weighted by Gasteiger charge is -2.35. The van der Waals surface area contributed by atoms with Crippen LogP contribution in [0.3, 0.4) is 0 Å². The number of aromatic nitrogens is 2. The number of hydrogen-bond acceptors (Lipinski definition) is 3. The molecule has 22 heavy (non-hydrogen) atoms. The molecule has 0 bridgehead atoms. The third-order valence-electron chi connectivity index (χ3n) is 4.61. The maximum absolute atomic E-state index is 13.4. The number of ether oxygens (including phenoxy) is 1. The summed E-state index contributed by atoms with van der Waals surface area (Å²) in [5.74, 6) is 0.541. The molecule has 1 aromatic heterocycles. The first-order valence-corrected chi connectivity index (χ1v) is 7.95. The third-order valence-corrected chi connectivity index (χ3v) is 4.61. The standard InChI is InChI=1S/C17H20FN3O/c18-13-4-1-3-12(9-13)17-19-15-6-7-21(10-16(15)20-17)14-5-2-8-22-11-14/h1,3-4,9,14H,2,5-8,10-11H2,(H,19,20)/t14-/m1/s1. The summed E-state index contributed by atoms with van der Waals surface area (Å²) in [6.07, 6.45) is 3.30. The van der Waals surface area contributed by atoms with Crippen LogP contribution in [0.2, 0.25) is 0 Å². The van der Waals surface area contributed by atoms with E-state index in [1.807, 2.05) is 6.07 Å². The average molecular weight is 301 g/mol. The molecule has 2 aliphatic rings. The fourth-order valence-electron chi connectivity index (χ4n) is 3.41. The molecule has 1 aromatic carbocycles. The van der Waals surface area contributed by atoms with Gasteiger partial charge >= 0.3 is 0 Å². The zero-order chi connectivity index (χ0) is 14.9. The summed E-state index contributed by atoms with van der Waals surface area (Å²) in [5, 5.41) is 0. The molecule has 4 rings (SSSR count). The molecule has 0 radical (unpaired) electrons. The Bertz CT molecular complexity index is 664. The van der Waals surface area contributed by atoms with Gasteiger partial charge in [-0.15, -0.1) is 0 Å². The Morgan fingerprint density at radius 1 is 1.36 bits per heavy atom. The Morgan fingerprint density at radius 2 is 2.32 bits per heavy atom. The predicted octanol–water partition coefficient (Wildman–Crippen LogP) is 2.75. The minimum absolute atomic E-state index is 0.229. The fourth-order valence-corrected chi connectivity index (χ4v) is 3.41. The number of nitrogens with zero attached hydrogens (tertiary/aromatic N) is 2. The topological polar surface area (TPSA) is 41.2 Å². The Balaban J connectivity index is 1.55. The molecule has 5 heteroatoms. The van der Waals surface area contributed by atoms with E-state index in [4.69, 9.17) is 4.74 Å². The highest BCUT2D eigenvalue weighted by Crippen LogP contribution is 2.25. The van der Waals surface area contributed by atoms with Crippen LogP contribution in [0.25, 0.3) is 11.4 Å². The second-order valence-electron chi connectivity index (χ2n) is 6.11. The number of rotatable bonds is 2. The third kappa shape index (κ3) is 2.66. The molecule has 0 unspecified atom stereocenters. The van der Waals surface area contributed by atoms with Crippen molar-refractivity contribution < 1.29 is 9.13 Å². The molecule has 1 saturated heterocycles. The van der Waals surface area contributed by atoms with Crippen LogP contribution < -0.4 is 0 Å². The zero-order valence-electron chi connectivity index (χ0n) is 12.5. The van der Waals surface area contributed by atoms with Crippen LogP contribution in [-0.2, 0) is 17.7 Å². The van der Waals surface area contributed by atoms with Gasteiger partial charge in [-0.05, 0) is 25.0 Å². The fraction of sp³-hybridized carbons (Fsp3) is 0.471. The quantitative estimate of drug-likeness (QED) is 0.927. The highest BCUT2D eigenvalue weighted by atomic mass is 19.1. The normalized spacial score (nSPS) is 22.5. The number of nitrogens with one attached hydrogen (secondary N) is 1. The van der Waals surface area contributed by atoms with Gasteiger partial charge < -0.3 is 9.72 Å². The van der Waals surface area contributed by atoms with E-state index < -0.39 is 0 Å². The van der Waals surface area contributed by atoms with Crippen LogP contribution in [0, 0.1) is 5.82 Å². The van der Waals surface area contributed by atoms with E-state index in [-0.39, 0.29) is 5.82 Å². The summed E-state index contributed by atoms with van der Waals surface area (Å²) in [6, 6.07) is 7.11. The van der Waals surface area contributed by atoms with Crippen molar-refractivity contribution in [1.82, 2.24) is 14.9 Å². The number of halogens is 1. The molecule has 3 heterocycles. The molecule has 116 valence electrons. The van der Waals surface area contributed by atoms with Crippen molar-refractivity contribution in [2.75, 3.05) is 19.8 Å². The maximum atomic E-state index is 13.4. The van der Waals surface area contributed by atoms with E-state index in [2.05, 4.69) is 14.9 Å². The van der Waals surface area contributed by atoms with Gasteiger partial charge in [-0.3, -0.25) is 4.90 Å². The molecule has 1 fully saturated rings. The van der Waals surface area contributed by atoms with Crippen LogP contribution in [0.4, 0.5) is 4.39 Å². The van der Waals surface area contributed by atoms with Crippen LogP contribution in [0.5, 0.6) is 0 Å². The Hall–Kier alpha value is -1.72. The lowest BCUT2D eigenvalue weighted by molar-refractivity contribution is 0.0119. The van der Waals surface area contributed by atoms with Crippen LogP contribution in [-0.4, -0.2) is 40.7 Å². The lowest BCUT2D eigenvalue weighted by Crippen LogP contribution is -2.43. The van der Waals surface area contributed by atoms with E-state index in [9.17, 15) is 4.39 Å². The van der Waals surface area contributed by atoms with Gasteiger partial charge in [0, 0.05) is 37.7 Å². The van der Waals surface area contributed by atoms with Gasteiger partial charge in [-0.25, -0.2) is 9.37 Å². The number of aromatic amines is 1. The summed E-state index contributed by atoms with van der Waals surface area (Å²) >= 11 is 0. The number of benzene rings is 1. The molecule has 0 aliphatic carbocycles. The van der Waals surface area contributed by atoms with Gasteiger partial charge in [0.2, 0.25) is 0 Å². The first kappa shape index (κ1) is 13.9. The summed E-state index contributed by atoms with van der Waals surface area (Å²) in [4.78, 5) is 10.5. The van der Waals surface area contributed by atoms with Crippen molar-refractivity contribution in [3.8, 4) is 11.4 Å². The van der Waals surface area contributed by atoms with Crippen molar-refractivity contribution in [1.29, 1.82) is 0 Å². The van der Waals surface area contributed by atoms with E-state index in [0.717, 1.165) is 61.9 Å². The highest BCUT2D eigenvalue weighted by Gasteiger charge is 2.27. The zero-order valence-corrected chi connectivity index (χ0v) is 12.5. The van der Waals surface area contributed by atoms with E-state index in [1.54, 1.807) is 6.07 Å². The Labute approximate surface area is 129 Å². The van der Waals surface area contributed by atoms with E-state index >= 15 is 0 Å². The monoisotopic (exact) mass is 301 g/mol. The molecular weight excluding hydrogens is 281 g/mol. The molecule has 0 spiro atoms. The molecule has 2 aromatic rings. The summed E-state index contributed by atoms with van der Waals surface area (Å²) in [7, 11) is 0. The maximum Gasteiger partial charge on any atom is 0.137 e. The van der Waals surface area contributed by atoms with Gasteiger partial charge in [0.1, 0.15) is 11.6 Å². The van der Waals surface area contributed by atoms with Crippen molar-refractivity contribution in [2.45, 2.75) is 31.8 Å². The first-order chi connectivity index (χ1) is 10.8.